The van der Waals surface area contributed by atoms with Gasteiger partial charge in [0, 0.05) is 6.54 Å². The van der Waals surface area contributed by atoms with Gasteiger partial charge >= 0.3 is 0 Å². The van der Waals surface area contributed by atoms with Crippen molar-refractivity contribution in [3.8, 4) is 0 Å². The lowest BCUT2D eigenvalue weighted by Gasteiger charge is -2.11. The molecule has 0 aliphatic rings. The lowest BCUT2D eigenvalue weighted by Crippen LogP contribution is -2.16. The van der Waals surface area contributed by atoms with Gasteiger partial charge < -0.3 is 5.11 Å². The van der Waals surface area contributed by atoms with Crippen LogP contribution in [-0.2, 0) is 18.7 Å². The number of aromatic nitrogens is 5. The van der Waals surface area contributed by atoms with E-state index >= 15 is 0 Å². The van der Waals surface area contributed by atoms with Gasteiger partial charge in [0.15, 0.2) is 0 Å². The van der Waals surface area contributed by atoms with Crippen LogP contribution in [-0.4, -0.2) is 29.9 Å². The molecule has 0 spiro atoms. The maximum absolute atomic E-state index is 9.89. The molecule has 2 aromatic heterocycles. The minimum atomic E-state index is -0.976. The Hall–Kier alpha value is -1.21. The Bertz CT molecular complexity index is 581. The second-order valence-corrected chi connectivity index (χ2v) is 5.82. The Morgan fingerprint density at radius 1 is 1.42 bits per heavy atom. The van der Waals surface area contributed by atoms with Gasteiger partial charge in [-0.15, -0.1) is 5.10 Å². The molecular weight excluding hydrogens is 310 g/mol. The highest BCUT2D eigenvalue weighted by molar-refractivity contribution is 9.10. The first-order valence-electron chi connectivity index (χ1n) is 6.17. The summed E-state index contributed by atoms with van der Waals surface area (Å²) in [6.07, 6.45) is 1.76. The summed E-state index contributed by atoms with van der Waals surface area (Å²) in [6.45, 7) is 8.76. The molecule has 19 heavy (non-hydrogen) atoms. The van der Waals surface area contributed by atoms with Crippen molar-refractivity contribution in [1.29, 1.82) is 0 Å². The van der Waals surface area contributed by atoms with E-state index in [0.29, 0.717) is 12.2 Å². The molecule has 2 aromatic rings. The molecule has 0 aliphatic carbocycles. The average Bonchev–Trinajstić information content (AvgIpc) is 2.89. The number of nitrogens with zero attached hydrogens (tertiary/aromatic N) is 5. The monoisotopic (exact) mass is 327 g/mol. The smallest absolute Gasteiger partial charge is 0.114 e. The van der Waals surface area contributed by atoms with Crippen molar-refractivity contribution in [3.05, 3.63) is 27.8 Å². The van der Waals surface area contributed by atoms with Crippen LogP contribution in [0.15, 0.2) is 10.7 Å². The maximum atomic E-state index is 9.89. The number of rotatable bonds is 4. The van der Waals surface area contributed by atoms with E-state index in [1.807, 2.05) is 18.5 Å². The van der Waals surface area contributed by atoms with E-state index in [4.69, 9.17) is 0 Å². The van der Waals surface area contributed by atoms with Crippen LogP contribution in [0.3, 0.4) is 0 Å². The highest BCUT2D eigenvalue weighted by Crippen LogP contribution is 2.22. The summed E-state index contributed by atoms with van der Waals surface area (Å²) >= 11 is 3.55. The molecule has 0 aromatic carbocycles. The summed E-state index contributed by atoms with van der Waals surface area (Å²) in [4.78, 5) is 0. The Labute approximate surface area is 120 Å². The molecule has 2 rings (SSSR count). The van der Waals surface area contributed by atoms with E-state index in [9.17, 15) is 5.11 Å². The van der Waals surface area contributed by atoms with Crippen molar-refractivity contribution < 1.29 is 5.11 Å². The molecule has 0 saturated carbocycles. The third-order valence-corrected chi connectivity index (χ3v) is 3.96. The Morgan fingerprint density at radius 3 is 2.63 bits per heavy atom. The molecule has 0 fully saturated rings. The van der Waals surface area contributed by atoms with Crippen LogP contribution >= 0.6 is 15.9 Å². The minimum Gasteiger partial charge on any atom is -0.384 e. The number of halogens is 1. The van der Waals surface area contributed by atoms with Gasteiger partial charge in [0.2, 0.25) is 0 Å². The first kappa shape index (κ1) is 14.2. The third kappa shape index (κ3) is 2.87. The number of hydrogen-bond acceptors (Lipinski definition) is 4. The molecule has 6 nitrogen and oxygen atoms in total. The van der Waals surface area contributed by atoms with E-state index in [1.54, 1.807) is 24.7 Å². The predicted octanol–water partition coefficient (Wildman–Crippen LogP) is 1.84. The van der Waals surface area contributed by atoms with Crippen molar-refractivity contribution in [1.82, 2.24) is 24.8 Å². The molecule has 0 saturated heterocycles. The summed E-state index contributed by atoms with van der Waals surface area (Å²) < 4.78 is 4.64. The fourth-order valence-electron chi connectivity index (χ4n) is 1.83. The highest BCUT2D eigenvalue weighted by Gasteiger charge is 2.21. The van der Waals surface area contributed by atoms with Crippen LogP contribution in [0.25, 0.3) is 0 Å². The Balaban J connectivity index is 2.29. The van der Waals surface area contributed by atoms with Gasteiger partial charge in [-0.3, -0.25) is 4.68 Å². The van der Waals surface area contributed by atoms with Crippen LogP contribution in [0, 0.1) is 6.92 Å². The zero-order chi connectivity index (χ0) is 14.2. The molecule has 0 amide bonds. The second kappa shape index (κ2) is 5.05. The molecule has 7 heteroatoms. The Morgan fingerprint density at radius 2 is 2.11 bits per heavy atom. The molecule has 104 valence electrons. The van der Waals surface area contributed by atoms with E-state index in [-0.39, 0.29) is 0 Å². The molecule has 0 unspecified atom stereocenters. The van der Waals surface area contributed by atoms with E-state index in [0.717, 1.165) is 22.4 Å². The zero-order valence-corrected chi connectivity index (χ0v) is 13.1. The number of aliphatic hydroxyl groups is 1. The Kier molecular flexibility index (Phi) is 3.78. The van der Waals surface area contributed by atoms with Crippen molar-refractivity contribution in [2.75, 3.05) is 0 Å². The quantitative estimate of drug-likeness (QED) is 0.930. The zero-order valence-electron chi connectivity index (χ0n) is 11.6. The average molecular weight is 328 g/mol. The highest BCUT2D eigenvalue weighted by atomic mass is 79.9. The number of aryl methyl sites for hydroxylation is 2. The van der Waals surface area contributed by atoms with Crippen LogP contribution in [0.4, 0.5) is 0 Å². The van der Waals surface area contributed by atoms with Crippen molar-refractivity contribution in [3.63, 3.8) is 0 Å². The minimum absolute atomic E-state index is 0.558. The van der Waals surface area contributed by atoms with E-state index in [2.05, 4.69) is 31.3 Å². The number of hydrogen-bond donors (Lipinski definition) is 1. The molecule has 0 aliphatic heterocycles. The van der Waals surface area contributed by atoms with E-state index in [1.165, 1.54) is 0 Å². The van der Waals surface area contributed by atoms with Gasteiger partial charge in [-0.2, -0.15) is 5.10 Å². The van der Waals surface area contributed by atoms with Crippen molar-refractivity contribution >= 4 is 15.9 Å². The summed E-state index contributed by atoms with van der Waals surface area (Å²) in [6, 6.07) is 0. The summed E-state index contributed by atoms with van der Waals surface area (Å²) in [7, 11) is 0. The summed E-state index contributed by atoms with van der Waals surface area (Å²) in [5.41, 5.74) is 1.59. The topological polar surface area (TPSA) is 68.8 Å². The van der Waals surface area contributed by atoms with Gasteiger partial charge in [0.25, 0.3) is 0 Å². The lowest BCUT2D eigenvalue weighted by molar-refractivity contribution is 0.0737. The first-order chi connectivity index (χ1) is 8.82. The van der Waals surface area contributed by atoms with Crippen LogP contribution in [0.1, 0.15) is 37.9 Å². The molecular formula is C12H18BrN5O. The van der Waals surface area contributed by atoms with Gasteiger partial charge in [0.05, 0.1) is 28.6 Å². The lowest BCUT2D eigenvalue weighted by atomic mass is 10.1. The van der Waals surface area contributed by atoms with Gasteiger partial charge in [-0.1, -0.05) is 5.21 Å². The maximum Gasteiger partial charge on any atom is 0.114 e. The third-order valence-electron chi connectivity index (χ3n) is 2.93. The van der Waals surface area contributed by atoms with Gasteiger partial charge in [-0.25, -0.2) is 4.68 Å². The standard InChI is InChI=1S/C12H18BrN5O/c1-5-18-9(11(13)8(2)15-18)6-17-7-10(14-16-17)12(3,4)19/h7,19H,5-6H2,1-4H3. The molecule has 0 atom stereocenters. The summed E-state index contributed by atoms with van der Waals surface area (Å²) in [5.74, 6) is 0. The normalized spacial score (nSPS) is 12.1. The molecule has 0 bridgehead atoms. The van der Waals surface area contributed by atoms with Crippen LogP contribution in [0.2, 0.25) is 0 Å². The predicted molar refractivity (Wildman–Crippen MR) is 74.7 cm³/mol. The van der Waals surface area contributed by atoms with Crippen LogP contribution in [0.5, 0.6) is 0 Å². The molecule has 0 radical (unpaired) electrons. The fourth-order valence-corrected chi connectivity index (χ4v) is 2.24. The van der Waals surface area contributed by atoms with Crippen LogP contribution < -0.4 is 0 Å². The van der Waals surface area contributed by atoms with Gasteiger partial charge in [-0.05, 0) is 43.6 Å². The van der Waals surface area contributed by atoms with E-state index < -0.39 is 5.60 Å². The fraction of sp³-hybridized carbons (Fsp3) is 0.583. The van der Waals surface area contributed by atoms with Crippen molar-refractivity contribution in [2.24, 2.45) is 0 Å². The largest absolute Gasteiger partial charge is 0.384 e. The first-order valence-corrected chi connectivity index (χ1v) is 6.97. The van der Waals surface area contributed by atoms with Crippen molar-refractivity contribution in [2.45, 2.75) is 46.4 Å². The SMILES string of the molecule is CCn1nc(C)c(Br)c1Cn1cc(C(C)(C)O)nn1. The second-order valence-electron chi connectivity index (χ2n) is 5.02. The molecule has 1 N–H and O–H groups in total. The van der Waals surface area contributed by atoms with Gasteiger partial charge in [0.1, 0.15) is 11.3 Å². The summed E-state index contributed by atoms with van der Waals surface area (Å²) in [5, 5.41) is 22.4. The molecule has 2 heterocycles.